The molecule has 1 amide bonds. The van der Waals surface area contributed by atoms with E-state index in [9.17, 15) is 9.18 Å². The Bertz CT molecular complexity index is 1260. The number of hydrogen-bond donors (Lipinski definition) is 1. The number of aryl methyl sites for hydroxylation is 1. The second-order valence-corrected chi connectivity index (χ2v) is 8.36. The van der Waals surface area contributed by atoms with Crippen molar-refractivity contribution in [3.8, 4) is 11.3 Å². The normalized spacial score (nSPS) is 14.5. The number of nitrogens with one attached hydrogen (secondary N) is 1. The van der Waals surface area contributed by atoms with Crippen LogP contribution in [-0.2, 0) is 11.3 Å². The second-order valence-electron chi connectivity index (χ2n) is 8.36. The molecular weight excluding hydrogens is 419 g/mol. The highest BCUT2D eigenvalue weighted by Gasteiger charge is 2.26. The average molecular weight is 445 g/mol. The van der Waals surface area contributed by atoms with E-state index < -0.39 is 0 Å². The second kappa shape index (κ2) is 8.97. The molecule has 8 heteroatoms. The Morgan fingerprint density at radius 2 is 1.91 bits per heavy atom. The summed E-state index contributed by atoms with van der Waals surface area (Å²) in [6, 6.07) is 15.9. The van der Waals surface area contributed by atoms with Crippen molar-refractivity contribution in [2.45, 2.75) is 26.3 Å². The van der Waals surface area contributed by atoms with Gasteiger partial charge in [-0.2, -0.15) is 9.61 Å². The lowest BCUT2D eigenvalue weighted by atomic mass is 9.96. The molecule has 0 saturated carbocycles. The first kappa shape index (κ1) is 21.1. The Labute approximate surface area is 191 Å². The fraction of sp³-hybridized carbons (Fsp3) is 0.280. The van der Waals surface area contributed by atoms with Gasteiger partial charge in [0.05, 0.1) is 17.9 Å². The summed E-state index contributed by atoms with van der Waals surface area (Å²) in [5.41, 5.74) is 4.10. The summed E-state index contributed by atoms with van der Waals surface area (Å²) < 4.78 is 15.2. The lowest BCUT2D eigenvalue weighted by molar-refractivity contribution is -0.125. The van der Waals surface area contributed by atoms with Crippen LogP contribution in [0, 0.1) is 18.7 Å². The molecule has 3 aromatic heterocycles. The molecule has 168 valence electrons. The topological polar surface area (TPSA) is 75.4 Å². The van der Waals surface area contributed by atoms with E-state index in [2.05, 4.69) is 20.2 Å². The van der Waals surface area contributed by atoms with Crippen LogP contribution in [0.3, 0.4) is 0 Å². The number of benzene rings is 1. The Morgan fingerprint density at radius 3 is 2.64 bits per heavy atom. The number of amides is 1. The van der Waals surface area contributed by atoms with Gasteiger partial charge in [0, 0.05) is 48.6 Å². The number of hydrogen-bond acceptors (Lipinski definition) is 5. The van der Waals surface area contributed by atoms with E-state index in [1.807, 2.05) is 41.8 Å². The van der Waals surface area contributed by atoms with Crippen molar-refractivity contribution in [3.05, 3.63) is 78.0 Å². The summed E-state index contributed by atoms with van der Waals surface area (Å²) in [6.07, 6.45) is 3.26. The van der Waals surface area contributed by atoms with Crippen LogP contribution in [-0.4, -0.2) is 38.6 Å². The molecule has 1 aliphatic heterocycles. The molecule has 4 aromatic rings. The van der Waals surface area contributed by atoms with E-state index in [0.717, 1.165) is 60.0 Å². The Hall–Kier alpha value is -3.81. The van der Waals surface area contributed by atoms with Gasteiger partial charge in [-0.25, -0.2) is 9.37 Å². The number of carbonyl (C=O) groups is 1. The molecule has 0 aliphatic carbocycles. The van der Waals surface area contributed by atoms with Gasteiger partial charge in [-0.05, 0) is 56.2 Å². The van der Waals surface area contributed by atoms with Crippen molar-refractivity contribution in [3.63, 3.8) is 0 Å². The first-order chi connectivity index (χ1) is 16.1. The smallest absolute Gasteiger partial charge is 0.223 e. The molecule has 0 bridgehead atoms. The highest BCUT2D eigenvalue weighted by molar-refractivity contribution is 5.79. The molecule has 33 heavy (non-hydrogen) atoms. The molecule has 4 heterocycles. The van der Waals surface area contributed by atoms with Gasteiger partial charge in [-0.1, -0.05) is 6.07 Å². The Balaban J connectivity index is 1.30. The molecule has 5 rings (SSSR count). The fourth-order valence-corrected chi connectivity index (χ4v) is 4.26. The third-order valence-electron chi connectivity index (χ3n) is 6.04. The van der Waals surface area contributed by atoms with Crippen molar-refractivity contribution < 1.29 is 9.18 Å². The van der Waals surface area contributed by atoms with E-state index in [0.29, 0.717) is 6.54 Å². The molecule has 7 nitrogen and oxygen atoms in total. The molecule has 1 N–H and O–H groups in total. The predicted octanol–water partition coefficient (Wildman–Crippen LogP) is 3.77. The molecule has 0 spiro atoms. The molecule has 1 fully saturated rings. The van der Waals surface area contributed by atoms with Crippen LogP contribution < -0.4 is 10.2 Å². The quantitative estimate of drug-likeness (QED) is 0.507. The number of halogens is 1. The van der Waals surface area contributed by atoms with Gasteiger partial charge in [0.1, 0.15) is 11.6 Å². The fourth-order valence-electron chi connectivity index (χ4n) is 4.26. The van der Waals surface area contributed by atoms with E-state index in [-0.39, 0.29) is 17.6 Å². The highest BCUT2D eigenvalue weighted by atomic mass is 19.1. The zero-order valence-electron chi connectivity index (χ0n) is 18.4. The van der Waals surface area contributed by atoms with Crippen molar-refractivity contribution in [1.82, 2.24) is 24.9 Å². The van der Waals surface area contributed by atoms with E-state index in [1.165, 1.54) is 12.1 Å². The minimum absolute atomic E-state index is 0.0178. The van der Waals surface area contributed by atoms with Crippen LogP contribution in [0.1, 0.15) is 24.2 Å². The SMILES string of the molecule is Cc1cc(N2CCC(C(=O)NCc3ccccn3)CC2)n2nc(-c3ccc(F)cc3)cc2n1. The Morgan fingerprint density at radius 1 is 1.12 bits per heavy atom. The van der Waals surface area contributed by atoms with E-state index in [1.54, 1.807) is 18.3 Å². The maximum Gasteiger partial charge on any atom is 0.223 e. The number of pyridine rings is 1. The molecule has 1 saturated heterocycles. The van der Waals surface area contributed by atoms with Crippen molar-refractivity contribution in [2.75, 3.05) is 18.0 Å². The zero-order chi connectivity index (χ0) is 22.8. The number of piperidine rings is 1. The number of aromatic nitrogens is 4. The maximum atomic E-state index is 13.3. The molecule has 0 atom stereocenters. The number of nitrogens with zero attached hydrogens (tertiary/aromatic N) is 5. The summed E-state index contributed by atoms with van der Waals surface area (Å²) in [5.74, 6) is 0.743. The van der Waals surface area contributed by atoms with Gasteiger partial charge < -0.3 is 10.2 Å². The van der Waals surface area contributed by atoms with Crippen LogP contribution in [0.2, 0.25) is 0 Å². The van der Waals surface area contributed by atoms with Crippen molar-refractivity contribution in [2.24, 2.45) is 5.92 Å². The summed E-state index contributed by atoms with van der Waals surface area (Å²) in [5, 5.41) is 7.76. The third kappa shape index (κ3) is 4.55. The number of fused-ring (bicyclic) bond motifs is 1. The minimum Gasteiger partial charge on any atom is -0.356 e. The zero-order valence-corrected chi connectivity index (χ0v) is 18.4. The molecule has 1 aromatic carbocycles. The van der Waals surface area contributed by atoms with Crippen LogP contribution in [0.25, 0.3) is 16.9 Å². The third-order valence-corrected chi connectivity index (χ3v) is 6.04. The summed E-state index contributed by atoms with van der Waals surface area (Å²) in [6.45, 7) is 3.92. The monoisotopic (exact) mass is 444 g/mol. The molecular formula is C25H25FN6O. The first-order valence-corrected chi connectivity index (χ1v) is 11.1. The van der Waals surface area contributed by atoms with Crippen molar-refractivity contribution >= 4 is 17.4 Å². The lowest BCUT2D eigenvalue weighted by Gasteiger charge is -2.33. The summed E-state index contributed by atoms with van der Waals surface area (Å²) >= 11 is 0. The van der Waals surface area contributed by atoms with Gasteiger partial charge in [0.2, 0.25) is 5.91 Å². The number of anilines is 1. The van der Waals surface area contributed by atoms with Gasteiger partial charge in [-0.3, -0.25) is 9.78 Å². The van der Waals surface area contributed by atoms with Crippen LogP contribution in [0.5, 0.6) is 0 Å². The van der Waals surface area contributed by atoms with E-state index >= 15 is 0 Å². The Kier molecular flexibility index (Phi) is 5.73. The van der Waals surface area contributed by atoms with Gasteiger partial charge in [-0.15, -0.1) is 0 Å². The molecule has 0 radical (unpaired) electrons. The largest absolute Gasteiger partial charge is 0.356 e. The molecule has 0 unspecified atom stereocenters. The maximum absolute atomic E-state index is 13.3. The molecule has 1 aliphatic rings. The van der Waals surface area contributed by atoms with E-state index in [4.69, 9.17) is 5.10 Å². The first-order valence-electron chi connectivity index (χ1n) is 11.1. The lowest BCUT2D eigenvalue weighted by Crippen LogP contribution is -2.41. The van der Waals surface area contributed by atoms with Gasteiger partial charge >= 0.3 is 0 Å². The van der Waals surface area contributed by atoms with Crippen LogP contribution >= 0.6 is 0 Å². The summed E-state index contributed by atoms with van der Waals surface area (Å²) in [7, 11) is 0. The van der Waals surface area contributed by atoms with Crippen LogP contribution in [0.4, 0.5) is 10.2 Å². The van der Waals surface area contributed by atoms with Crippen molar-refractivity contribution in [1.29, 1.82) is 0 Å². The van der Waals surface area contributed by atoms with Gasteiger partial charge in [0.15, 0.2) is 5.65 Å². The predicted molar refractivity (Wildman–Crippen MR) is 124 cm³/mol. The number of carbonyl (C=O) groups excluding carboxylic acids is 1. The summed E-state index contributed by atoms with van der Waals surface area (Å²) in [4.78, 5) is 23.8. The average Bonchev–Trinajstić information content (AvgIpc) is 3.27. The highest BCUT2D eigenvalue weighted by Crippen LogP contribution is 2.27. The van der Waals surface area contributed by atoms with Gasteiger partial charge in [0.25, 0.3) is 0 Å². The standard InChI is InChI=1S/C25H25FN6O/c1-17-14-24(32-23(29-17)15-22(30-32)18-5-7-20(26)8-6-18)31-12-9-19(10-13-31)25(33)28-16-21-4-2-3-11-27-21/h2-8,11,14-15,19H,9-10,12-13,16H2,1H3,(H,28,33). The van der Waals surface area contributed by atoms with Crippen LogP contribution in [0.15, 0.2) is 60.8 Å². The minimum atomic E-state index is -0.274. The number of rotatable bonds is 5.